The molecule has 0 aliphatic carbocycles. The highest BCUT2D eigenvalue weighted by molar-refractivity contribution is 6.33. The summed E-state index contributed by atoms with van der Waals surface area (Å²) in [5.41, 5.74) is 2.22. The monoisotopic (exact) mass is 246 g/mol. The second-order valence-corrected chi connectivity index (χ2v) is 4.02. The predicted octanol–water partition coefficient (Wildman–Crippen LogP) is 3.68. The lowest BCUT2D eigenvalue weighted by molar-refractivity contribution is 0.101. The van der Waals surface area contributed by atoms with Crippen LogP contribution in [0.1, 0.15) is 17.3 Å². The van der Waals surface area contributed by atoms with Gasteiger partial charge in [-0.15, -0.1) is 0 Å². The van der Waals surface area contributed by atoms with Crippen LogP contribution in [-0.4, -0.2) is 10.8 Å². The van der Waals surface area contributed by atoms with E-state index in [0.29, 0.717) is 16.3 Å². The summed E-state index contributed by atoms with van der Waals surface area (Å²) in [5, 5.41) is 3.72. The fraction of sp³-hybridized carbons (Fsp3) is 0.0769. The molecule has 0 fully saturated rings. The van der Waals surface area contributed by atoms with Crippen molar-refractivity contribution >= 4 is 28.8 Å². The van der Waals surface area contributed by atoms with Crippen molar-refractivity contribution in [3.63, 3.8) is 0 Å². The lowest BCUT2D eigenvalue weighted by atomic mass is 10.1. The molecule has 17 heavy (non-hydrogen) atoms. The number of hydrogen-bond acceptors (Lipinski definition) is 3. The molecule has 3 nitrogen and oxygen atoms in total. The summed E-state index contributed by atoms with van der Waals surface area (Å²) in [5.74, 6) is 0.0134. The molecule has 0 aliphatic heterocycles. The highest BCUT2D eigenvalue weighted by Crippen LogP contribution is 2.26. The molecule has 0 spiro atoms. The molecule has 0 atom stereocenters. The first-order valence-corrected chi connectivity index (χ1v) is 5.52. The number of carbonyl (C=O) groups excluding carboxylic acids is 1. The molecular formula is C13H11ClN2O. The fourth-order valence-corrected chi connectivity index (χ4v) is 1.60. The van der Waals surface area contributed by atoms with E-state index in [-0.39, 0.29) is 5.78 Å². The van der Waals surface area contributed by atoms with Gasteiger partial charge in [0.25, 0.3) is 0 Å². The van der Waals surface area contributed by atoms with Crippen molar-refractivity contribution < 1.29 is 4.79 Å². The van der Waals surface area contributed by atoms with Crippen molar-refractivity contribution in [2.24, 2.45) is 0 Å². The highest BCUT2D eigenvalue weighted by Gasteiger charge is 2.05. The summed E-state index contributed by atoms with van der Waals surface area (Å²) in [6, 6.07) is 8.82. The minimum absolute atomic E-state index is 0.0134. The van der Waals surface area contributed by atoms with Gasteiger partial charge in [-0.25, -0.2) is 0 Å². The highest BCUT2D eigenvalue weighted by atomic mass is 35.5. The second kappa shape index (κ2) is 4.97. The molecule has 0 unspecified atom stereocenters. The predicted molar refractivity (Wildman–Crippen MR) is 69.0 cm³/mol. The van der Waals surface area contributed by atoms with E-state index in [1.54, 1.807) is 30.6 Å². The van der Waals surface area contributed by atoms with E-state index in [2.05, 4.69) is 10.3 Å². The third-order valence-corrected chi connectivity index (χ3v) is 2.66. The molecule has 0 amide bonds. The van der Waals surface area contributed by atoms with Crippen molar-refractivity contribution in [2.45, 2.75) is 6.92 Å². The van der Waals surface area contributed by atoms with E-state index < -0.39 is 0 Å². The Labute approximate surface area is 104 Å². The van der Waals surface area contributed by atoms with Gasteiger partial charge in [0.05, 0.1) is 10.7 Å². The number of nitrogens with zero attached hydrogens (tertiary/aromatic N) is 1. The van der Waals surface area contributed by atoms with E-state index >= 15 is 0 Å². The first kappa shape index (κ1) is 11.6. The topological polar surface area (TPSA) is 42.0 Å². The van der Waals surface area contributed by atoms with E-state index in [1.807, 2.05) is 12.1 Å². The van der Waals surface area contributed by atoms with Gasteiger partial charge in [-0.05, 0) is 37.3 Å². The van der Waals surface area contributed by atoms with Crippen LogP contribution in [-0.2, 0) is 0 Å². The van der Waals surface area contributed by atoms with E-state index in [4.69, 9.17) is 11.6 Å². The SMILES string of the molecule is CC(=O)c1ccc(Cl)c(Nc2ccncc2)c1. The number of rotatable bonds is 3. The molecule has 2 rings (SSSR count). The number of nitrogens with one attached hydrogen (secondary N) is 1. The van der Waals surface area contributed by atoms with Crippen molar-refractivity contribution in [3.05, 3.63) is 53.3 Å². The van der Waals surface area contributed by atoms with E-state index in [9.17, 15) is 4.79 Å². The number of Topliss-reactive ketones (excluding diaryl/α,β-unsaturated/α-hetero) is 1. The first-order chi connectivity index (χ1) is 8.16. The minimum atomic E-state index is 0.0134. The number of halogens is 1. The fourth-order valence-electron chi connectivity index (χ4n) is 1.43. The van der Waals surface area contributed by atoms with Gasteiger partial charge in [-0.3, -0.25) is 9.78 Å². The molecule has 1 N–H and O–H groups in total. The molecule has 0 radical (unpaired) electrons. The lowest BCUT2D eigenvalue weighted by Gasteiger charge is -2.09. The van der Waals surface area contributed by atoms with Gasteiger partial charge in [-0.1, -0.05) is 11.6 Å². The van der Waals surface area contributed by atoms with Gasteiger partial charge < -0.3 is 5.32 Å². The van der Waals surface area contributed by atoms with Crippen LogP contribution in [0.2, 0.25) is 5.02 Å². The normalized spacial score (nSPS) is 10.0. The molecule has 1 aromatic heterocycles. The third kappa shape index (κ3) is 2.82. The van der Waals surface area contributed by atoms with Crippen molar-refractivity contribution in [3.8, 4) is 0 Å². The van der Waals surface area contributed by atoms with Crippen molar-refractivity contribution in [2.75, 3.05) is 5.32 Å². The Bertz CT molecular complexity index is 540. The van der Waals surface area contributed by atoms with Crippen LogP contribution >= 0.6 is 11.6 Å². The van der Waals surface area contributed by atoms with Crippen molar-refractivity contribution in [1.29, 1.82) is 0 Å². The number of anilines is 2. The van der Waals surface area contributed by atoms with Crippen LogP contribution in [0, 0.1) is 0 Å². The molecule has 1 heterocycles. The number of ketones is 1. The second-order valence-electron chi connectivity index (χ2n) is 3.61. The average Bonchev–Trinajstić information content (AvgIpc) is 2.33. The quantitative estimate of drug-likeness (QED) is 0.840. The maximum atomic E-state index is 11.3. The van der Waals surface area contributed by atoms with Crippen molar-refractivity contribution in [1.82, 2.24) is 4.98 Å². The number of aromatic nitrogens is 1. The molecule has 0 aliphatic rings. The zero-order valence-corrected chi connectivity index (χ0v) is 10.0. The van der Waals surface area contributed by atoms with Crippen LogP contribution in [0.15, 0.2) is 42.7 Å². The van der Waals surface area contributed by atoms with Crippen LogP contribution in [0.3, 0.4) is 0 Å². The van der Waals surface area contributed by atoms with Crippen LogP contribution in [0.25, 0.3) is 0 Å². The Morgan fingerprint density at radius 3 is 2.59 bits per heavy atom. The third-order valence-electron chi connectivity index (χ3n) is 2.33. The zero-order valence-electron chi connectivity index (χ0n) is 9.27. The molecule has 1 aromatic carbocycles. The molecule has 4 heteroatoms. The van der Waals surface area contributed by atoms with Gasteiger partial charge >= 0.3 is 0 Å². The number of benzene rings is 1. The molecule has 86 valence electrons. The van der Waals surface area contributed by atoms with Gasteiger partial charge in [0, 0.05) is 23.6 Å². The maximum Gasteiger partial charge on any atom is 0.159 e. The smallest absolute Gasteiger partial charge is 0.159 e. The lowest BCUT2D eigenvalue weighted by Crippen LogP contribution is -1.96. The molecule has 2 aromatic rings. The first-order valence-electron chi connectivity index (χ1n) is 5.14. The summed E-state index contributed by atoms with van der Waals surface area (Å²) < 4.78 is 0. The summed E-state index contributed by atoms with van der Waals surface area (Å²) in [4.78, 5) is 15.2. The summed E-state index contributed by atoms with van der Waals surface area (Å²) >= 11 is 6.06. The van der Waals surface area contributed by atoms with Gasteiger partial charge in [0.1, 0.15) is 0 Å². The number of carbonyl (C=O) groups is 1. The largest absolute Gasteiger partial charge is 0.354 e. The minimum Gasteiger partial charge on any atom is -0.354 e. The van der Waals surface area contributed by atoms with E-state index in [0.717, 1.165) is 5.69 Å². The Balaban J connectivity index is 2.32. The standard InChI is InChI=1S/C13H11ClN2O/c1-9(17)10-2-3-12(14)13(8-10)16-11-4-6-15-7-5-11/h2-8H,1H3,(H,15,16). The Kier molecular flexibility index (Phi) is 3.40. The summed E-state index contributed by atoms with van der Waals surface area (Å²) in [7, 11) is 0. The van der Waals surface area contributed by atoms with Crippen LogP contribution in [0.4, 0.5) is 11.4 Å². The van der Waals surface area contributed by atoms with E-state index in [1.165, 1.54) is 6.92 Å². The Hall–Kier alpha value is -1.87. The van der Waals surface area contributed by atoms with Crippen LogP contribution in [0.5, 0.6) is 0 Å². The molecular weight excluding hydrogens is 236 g/mol. The van der Waals surface area contributed by atoms with Gasteiger partial charge in [-0.2, -0.15) is 0 Å². The average molecular weight is 247 g/mol. The molecule has 0 bridgehead atoms. The summed E-state index contributed by atoms with van der Waals surface area (Å²) in [6.07, 6.45) is 3.37. The number of hydrogen-bond donors (Lipinski definition) is 1. The Morgan fingerprint density at radius 2 is 1.94 bits per heavy atom. The molecule has 0 saturated carbocycles. The number of pyridine rings is 1. The zero-order chi connectivity index (χ0) is 12.3. The van der Waals surface area contributed by atoms with Gasteiger partial charge in [0.15, 0.2) is 5.78 Å². The Morgan fingerprint density at radius 1 is 1.24 bits per heavy atom. The maximum absolute atomic E-state index is 11.3. The van der Waals surface area contributed by atoms with Gasteiger partial charge in [0.2, 0.25) is 0 Å². The molecule has 0 saturated heterocycles. The summed E-state index contributed by atoms with van der Waals surface area (Å²) in [6.45, 7) is 1.53. The van der Waals surface area contributed by atoms with Crippen LogP contribution < -0.4 is 5.32 Å².